The summed E-state index contributed by atoms with van der Waals surface area (Å²) in [7, 11) is 1.30. The van der Waals surface area contributed by atoms with Gasteiger partial charge >= 0.3 is 0 Å². The number of non-ortho nitro benzene ring substituents is 1. The minimum absolute atomic E-state index is 0.00808. The number of hydrogen-bond acceptors (Lipinski definition) is 7. The molecule has 0 radical (unpaired) electrons. The molecule has 34 heavy (non-hydrogen) atoms. The number of nitrogens with zero attached hydrogens (tertiary/aromatic N) is 3. The monoisotopic (exact) mass is 469 g/mol. The van der Waals surface area contributed by atoms with Crippen LogP contribution in [-0.2, 0) is 9.59 Å². The Labute approximate surface area is 195 Å². The first-order valence-electron chi connectivity index (χ1n) is 10.9. The minimum atomic E-state index is -1.05. The van der Waals surface area contributed by atoms with E-state index in [0.717, 1.165) is 32.0 Å². The van der Waals surface area contributed by atoms with Crippen LogP contribution >= 0.6 is 0 Å². The Morgan fingerprint density at radius 3 is 2.56 bits per heavy atom. The van der Waals surface area contributed by atoms with Gasteiger partial charge in [0.2, 0.25) is 0 Å². The average molecular weight is 469 g/mol. The lowest BCUT2D eigenvalue weighted by molar-refractivity contribution is -0.384. The van der Waals surface area contributed by atoms with Crippen LogP contribution in [0.5, 0.6) is 5.75 Å². The van der Waals surface area contributed by atoms with Crippen LogP contribution in [0, 0.1) is 15.9 Å². The Morgan fingerprint density at radius 2 is 1.91 bits per heavy atom. The lowest BCUT2D eigenvalue weighted by Crippen LogP contribution is -2.37. The summed E-state index contributed by atoms with van der Waals surface area (Å²) in [6.07, 6.45) is 2.10. The van der Waals surface area contributed by atoms with Crippen LogP contribution in [0.4, 0.5) is 10.1 Å². The standard InChI is InChI=1S/C24H24FN3O6/c1-34-19-8-7-16(14-18(19)25)22(29)20-21(15-5-4-6-17(13-15)28(32)33)27(24(31)23(20)30)12-11-26-9-2-3-10-26/h4-8,13-14,21,29H,2-3,9-12H2,1H3/b22-20+. The number of aliphatic hydroxyl groups is 1. The van der Waals surface area contributed by atoms with Gasteiger partial charge in [0.05, 0.1) is 23.6 Å². The van der Waals surface area contributed by atoms with E-state index in [9.17, 15) is 29.2 Å². The van der Waals surface area contributed by atoms with Gasteiger partial charge < -0.3 is 19.6 Å². The number of carbonyl (C=O) groups is 2. The molecule has 1 amide bonds. The molecule has 2 saturated heterocycles. The van der Waals surface area contributed by atoms with Gasteiger partial charge in [-0.1, -0.05) is 12.1 Å². The van der Waals surface area contributed by atoms with Gasteiger partial charge in [-0.2, -0.15) is 0 Å². The predicted octanol–water partition coefficient (Wildman–Crippen LogP) is 3.26. The number of Topliss-reactive ketones (excluding diaryl/α,β-unsaturated/α-hetero) is 1. The summed E-state index contributed by atoms with van der Waals surface area (Å²) in [5.41, 5.74) is -0.147. The third-order valence-corrected chi connectivity index (χ3v) is 6.22. The van der Waals surface area contributed by atoms with E-state index in [1.54, 1.807) is 6.07 Å². The second-order valence-electron chi connectivity index (χ2n) is 8.24. The Hall–Kier alpha value is -3.79. The number of likely N-dealkylation sites (tertiary alicyclic amines) is 2. The predicted molar refractivity (Wildman–Crippen MR) is 121 cm³/mol. The molecule has 2 aromatic rings. The van der Waals surface area contributed by atoms with Crippen molar-refractivity contribution in [3.63, 3.8) is 0 Å². The van der Waals surface area contributed by atoms with E-state index in [0.29, 0.717) is 12.1 Å². The number of carbonyl (C=O) groups excluding carboxylic acids is 2. The number of halogens is 1. The number of hydrogen-bond donors (Lipinski definition) is 1. The molecular weight excluding hydrogens is 445 g/mol. The van der Waals surface area contributed by atoms with Crippen molar-refractivity contribution in [2.75, 3.05) is 33.3 Å². The van der Waals surface area contributed by atoms with E-state index < -0.39 is 34.2 Å². The van der Waals surface area contributed by atoms with Gasteiger partial charge in [0.1, 0.15) is 5.76 Å². The highest BCUT2D eigenvalue weighted by Gasteiger charge is 2.46. The Bertz CT molecular complexity index is 1180. The van der Waals surface area contributed by atoms with E-state index in [1.165, 1.54) is 42.3 Å². The molecule has 0 aromatic heterocycles. The number of nitro groups is 1. The SMILES string of the molecule is COc1ccc(/C(O)=C2\C(=O)C(=O)N(CCN3CCCC3)C2c2cccc([N+](=O)[O-])c2)cc1F. The van der Waals surface area contributed by atoms with Crippen molar-refractivity contribution in [1.29, 1.82) is 0 Å². The van der Waals surface area contributed by atoms with E-state index in [2.05, 4.69) is 4.90 Å². The Morgan fingerprint density at radius 1 is 1.18 bits per heavy atom. The van der Waals surface area contributed by atoms with Gasteiger partial charge in [-0.05, 0) is 49.7 Å². The summed E-state index contributed by atoms with van der Waals surface area (Å²) in [5.74, 6) is -3.09. The van der Waals surface area contributed by atoms with Crippen LogP contribution in [0.1, 0.15) is 30.0 Å². The fourth-order valence-corrected chi connectivity index (χ4v) is 4.49. The number of aliphatic hydroxyl groups excluding tert-OH is 1. The molecule has 2 fully saturated rings. The zero-order valence-corrected chi connectivity index (χ0v) is 18.6. The van der Waals surface area contributed by atoms with Crippen LogP contribution in [0.3, 0.4) is 0 Å². The molecule has 9 nitrogen and oxygen atoms in total. The maximum absolute atomic E-state index is 14.3. The lowest BCUT2D eigenvalue weighted by Gasteiger charge is -2.27. The van der Waals surface area contributed by atoms with Crippen molar-refractivity contribution in [2.45, 2.75) is 18.9 Å². The van der Waals surface area contributed by atoms with Crippen LogP contribution in [0.2, 0.25) is 0 Å². The quantitative estimate of drug-likeness (QED) is 0.218. The zero-order chi connectivity index (χ0) is 24.4. The molecular formula is C24H24FN3O6. The Kier molecular flexibility index (Phi) is 6.60. The Balaban J connectivity index is 1.80. The summed E-state index contributed by atoms with van der Waals surface area (Å²) in [6, 6.07) is 8.24. The van der Waals surface area contributed by atoms with E-state index in [-0.39, 0.29) is 29.1 Å². The van der Waals surface area contributed by atoms with Gasteiger partial charge in [-0.15, -0.1) is 0 Å². The normalized spacial score (nSPS) is 20.2. The molecule has 4 rings (SSSR count). The molecule has 0 aliphatic carbocycles. The number of rotatable bonds is 7. The maximum Gasteiger partial charge on any atom is 0.295 e. The third kappa shape index (κ3) is 4.36. The highest BCUT2D eigenvalue weighted by atomic mass is 19.1. The molecule has 2 aliphatic rings. The molecule has 0 spiro atoms. The molecule has 10 heteroatoms. The van der Waals surface area contributed by atoms with E-state index >= 15 is 0 Å². The molecule has 1 unspecified atom stereocenters. The van der Waals surface area contributed by atoms with Crippen LogP contribution in [0.15, 0.2) is 48.0 Å². The van der Waals surface area contributed by atoms with E-state index in [1.807, 2.05) is 0 Å². The number of benzene rings is 2. The molecule has 0 bridgehead atoms. The maximum atomic E-state index is 14.3. The molecule has 2 heterocycles. The smallest absolute Gasteiger partial charge is 0.295 e. The minimum Gasteiger partial charge on any atom is -0.507 e. The second-order valence-corrected chi connectivity index (χ2v) is 8.24. The topological polar surface area (TPSA) is 113 Å². The highest BCUT2D eigenvalue weighted by Crippen LogP contribution is 2.40. The summed E-state index contributed by atoms with van der Waals surface area (Å²) < 4.78 is 19.2. The summed E-state index contributed by atoms with van der Waals surface area (Å²) >= 11 is 0. The molecule has 1 N–H and O–H groups in total. The number of nitro benzene ring substituents is 1. The highest BCUT2D eigenvalue weighted by molar-refractivity contribution is 6.46. The van der Waals surface area contributed by atoms with Crippen molar-refractivity contribution in [3.05, 3.63) is 75.1 Å². The summed E-state index contributed by atoms with van der Waals surface area (Å²) in [5, 5.41) is 22.4. The average Bonchev–Trinajstić information content (AvgIpc) is 3.44. The van der Waals surface area contributed by atoms with Crippen molar-refractivity contribution in [1.82, 2.24) is 9.80 Å². The van der Waals surface area contributed by atoms with Gasteiger partial charge in [-0.25, -0.2) is 4.39 Å². The lowest BCUT2D eigenvalue weighted by atomic mass is 9.95. The number of ether oxygens (including phenoxy) is 1. The first-order chi connectivity index (χ1) is 16.3. The van der Waals surface area contributed by atoms with Gasteiger partial charge in [0.15, 0.2) is 11.6 Å². The summed E-state index contributed by atoms with van der Waals surface area (Å²) in [4.78, 5) is 40.3. The molecule has 2 aliphatic heterocycles. The molecule has 178 valence electrons. The molecule has 2 aromatic carbocycles. The van der Waals surface area contributed by atoms with Crippen molar-refractivity contribution >= 4 is 23.1 Å². The largest absolute Gasteiger partial charge is 0.507 e. The van der Waals surface area contributed by atoms with Crippen LogP contribution in [-0.4, -0.2) is 64.8 Å². The van der Waals surface area contributed by atoms with Gasteiger partial charge in [0, 0.05) is 30.8 Å². The third-order valence-electron chi connectivity index (χ3n) is 6.22. The fourth-order valence-electron chi connectivity index (χ4n) is 4.49. The van der Waals surface area contributed by atoms with Gasteiger partial charge in [-0.3, -0.25) is 19.7 Å². The first kappa shape index (κ1) is 23.4. The van der Waals surface area contributed by atoms with Crippen molar-refractivity contribution < 1.29 is 28.7 Å². The van der Waals surface area contributed by atoms with Crippen molar-refractivity contribution in [2.24, 2.45) is 0 Å². The van der Waals surface area contributed by atoms with Crippen molar-refractivity contribution in [3.8, 4) is 5.75 Å². The number of methoxy groups -OCH3 is 1. The fraction of sp³-hybridized carbons (Fsp3) is 0.333. The second kappa shape index (κ2) is 9.60. The first-order valence-corrected chi connectivity index (χ1v) is 10.9. The van der Waals surface area contributed by atoms with Crippen LogP contribution in [0.25, 0.3) is 5.76 Å². The molecule has 1 atom stereocenters. The summed E-state index contributed by atoms with van der Waals surface area (Å²) in [6.45, 7) is 2.49. The van der Waals surface area contributed by atoms with E-state index in [4.69, 9.17) is 4.74 Å². The number of amides is 1. The van der Waals surface area contributed by atoms with Gasteiger partial charge in [0.25, 0.3) is 17.4 Å². The molecule has 0 saturated carbocycles. The number of ketones is 1. The van der Waals surface area contributed by atoms with Crippen LogP contribution < -0.4 is 4.74 Å². The zero-order valence-electron chi connectivity index (χ0n) is 18.6.